The summed E-state index contributed by atoms with van der Waals surface area (Å²) in [7, 11) is 1.31. The van der Waals surface area contributed by atoms with Gasteiger partial charge < -0.3 is 4.74 Å². The first kappa shape index (κ1) is 14.5. The second-order valence-corrected chi connectivity index (χ2v) is 4.88. The number of carbonyl (C=O) groups is 2. The molecule has 2 rings (SSSR count). The number of hydrogen-bond donors (Lipinski definition) is 2. The van der Waals surface area contributed by atoms with Crippen LogP contribution < -0.4 is 10.9 Å². The van der Waals surface area contributed by atoms with Crippen molar-refractivity contribution in [2.75, 3.05) is 19.1 Å². The molecule has 1 aliphatic heterocycles. The fraction of sp³-hybridized carbons (Fsp3) is 0.385. The van der Waals surface area contributed by atoms with Crippen LogP contribution in [-0.4, -0.2) is 36.6 Å². The van der Waals surface area contributed by atoms with Crippen molar-refractivity contribution in [3.63, 3.8) is 0 Å². The summed E-state index contributed by atoms with van der Waals surface area (Å²) in [5.41, 5.74) is 6.03. The number of ether oxygens (including phenoxy) is 1. The Morgan fingerprint density at radius 3 is 2.95 bits per heavy atom. The Labute approximate surface area is 122 Å². The lowest BCUT2D eigenvalue weighted by Crippen LogP contribution is -2.47. The monoisotopic (exact) mass is 297 g/mol. The molecule has 1 aliphatic rings. The van der Waals surface area contributed by atoms with Gasteiger partial charge >= 0.3 is 6.09 Å². The average Bonchev–Trinajstić information content (AvgIpc) is 2.93. The molecule has 1 saturated heterocycles. The SMILES string of the molecule is COC(=O)N1CCCC1C(=O)NNc1cccc(Cl)c1. The van der Waals surface area contributed by atoms with E-state index in [-0.39, 0.29) is 5.91 Å². The smallest absolute Gasteiger partial charge is 0.410 e. The molecule has 2 amide bonds. The zero-order valence-corrected chi connectivity index (χ0v) is 11.8. The summed E-state index contributed by atoms with van der Waals surface area (Å²) >= 11 is 5.85. The number of halogens is 1. The first-order valence-corrected chi connectivity index (χ1v) is 6.65. The van der Waals surface area contributed by atoms with Gasteiger partial charge in [-0.2, -0.15) is 0 Å². The number of nitrogens with one attached hydrogen (secondary N) is 2. The fourth-order valence-corrected chi connectivity index (χ4v) is 2.35. The van der Waals surface area contributed by atoms with E-state index in [0.29, 0.717) is 23.7 Å². The third kappa shape index (κ3) is 3.33. The Morgan fingerprint density at radius 2 is 2.25 bits per heavy atom. The van der Waals surface area contributed by atoms with Gasteiger partial charge in [-0.05, 0) is 31.0 Å². The number of carbonyl (C=O) groups excluding carboxylic acids is 2. The average molecular weight is 298 g/mol. The van der Waals surface area contributed by atoms with Crippen molar-refractivity contribution in [3.8, 4) is 0 Å². The highest BCUT2D eigenvalue weighted by Gasteiger charge is 2.34. The molecule has 108 valence electrons. The fourth-order valence-electron chi connectivity index (χ4n) is 2.16. The standard InChI is InChI=1S/C13H16ClN3O3/c1-20-13(19)17-7-3-6-11(17)12(18)16-15-10-5-2-4-9(14)8-10/h2,4-5,8,11,15H,3,6-7H2,1H3,(H,16,18). The van der Waals surface area contributed by atoms with E-state index in [1.807, 2.05) is 0 Å². The van der Waals surface area contributed by atoms with Crippen molar-refractivity contribution in [3.05, 3.63) is 29.3 Å². The van der Waals surface area contributed by atoms with E-state index in [1.165, 1.54) is 12.0 Å². The normalized spacial score (nSPS) is 17.7. The van der Waals surface area contributed by atoms with E-state index in [0.717, 1.165) is 6.42 Å². The van der Waals surface area contributed by atoms with E-state index in [2.05, 4.69) is 15.6 Å². The topological polar surface area (TPSA) is 70.7 Å². The Balaban J connectivity index is 1.93. The molecule has 2 N–H and O–H groups in total. The van der Waals surface area contributed by atoms with Crippen LogP contribution in [0.3, 0.4) is 0 Å². The van der Waals surface area contributed by atoms with Gasteiger partial charge in [0.05, 0.1) is 12.8 Å². The lowest BCUT2D eigenvalue weighted by Gasteiger charge is -2.22. The number of nitrogens with zero attached hydrogens (tertiary/aromatic N) is 1. The van der Waals surface area contributed by atoms with Crippen molar-refractivity contribution >= 4 is 29.3 Å². The second-order valence-electron chi connectivity index (χ2n) is 4.45. The molecule has 0 saturated carbocycles. The van der Waals surface area contributed by atoms with Crippen molar-refractivity contribution in [2.24, 2.45) is 0 Å². The van der Waals surface area contributed by atoms with E-state index in [4.69, 9.17) is 11.6 Å². The maximum Gasteiger partial charge on any atom is 0.410 e. The summed E-state index contributed by atoms with van der Waals surface area (Å²) in [4.78, 5) is 25.0. The van der Waals surface area contributed by atoms with Gasteiger partial charge in [0.2, 0.25) is 0 Å². The van der Waals surface area contributed by atoms with Gasteiger partial charge in [-0.3, -0.25) is 20.5 Å². The molecule has 1 atom stereocenters. The van der Waals surface area contributed by atoms with Gasteiger partial charge in [-0.15, -0.1) is 0 Å². The number of rotatable bonds is 3. The van der Waals surface area contributed by atoms with Crippen LogP contribution in [0.2, 0.25) is 5.02 Å². The summed E-state index contributed by atoms with van der Waals surface area (Å²) in [5.74, 6) is -0.270. The number of likely N-dealkylation sites (tertiary alicyclic amines) is 1. The zero-order chi connectivity index (χ0) is 14.5. The molecule has 0 aromatic heterocycles. The quantitative estimate of drug-likeness (QED) is 0.837. The van der Waals surface area contributed by atoms with Crippen molar-refractivity contribution in [2.45, 2.75) is 18.9 Å². The molecule has 0 bridgehead atoms. The molecule has 0 aliphatic carbocycles. The molecule has 7 heteroatoms. The molecule has 6 nitrogen and oxygen atoms in total. The molecule has 1 fully saturated rings. The predicted octanol–water partition coefficient (Wildman–Crippen LogP) is 2.01. The third-order valence-corrected chi connectivity index (χ3v) is 3.35. The summed E-state index contributed by atoms with van der Waals surface area (Å²) in [6, 6.07) is 6.47. The zero-order valence-electron chi connectivity index (χ0n) is 11.1. The van der Waals surface area contributed by atoms with E-state index >= 15 is 0 Å². The number of hydrazine groups is 1. The first-order chi connectivity index (χ1) is 9.61. The minimum atomic E-state index is -0.505. The first-order valence-electron chi connectivity index (χ1n) is 6.28. The van der Waals surface area contributed by atoms with Crippen LogP contribution in [0.4, 0.5) is 10.5 Å². The lowest BCUT2D eigenvalue weighted by molar-refractivity contribution is -0.124. The van der Waals surface area contributed by atoms with E-state index < -0.39 is 12.1 Å². The summed E-state index contributed by atoms with van der Waals surface area (Å²) in [6.45, 7) is 0.530. The minimum Gasteiger partial charge on any atom is -0.453 e. The van der Waals surface area contributed by atoms with Gasteiger partial charge in [-0.1, -0.05) is 17.7 Å². The number of methoxy groups -OCH3 is 1. The second kappa shape index (κ2) is 6.47. The van der Waals surface area contributed by atoms with E-state index in [9.17, 15) is 9.59 Å². The highest BCUT2D eigenvalue weighted by Crippen LogP contribution is 2.18. The van der Waals surface area contributed by atoms with Gasteiger partial charge in [0.1, 0.15) is 6.04 Å². The molecule has 20 heavy (non-hydrogen) atoms. The largest absolute Gasteiger partial charge is 0.453 e. The molecule has 1 unspecified atom stereocenters. The number of hydrogen-bond acceptors (Lipinski definition) is 4. The van der Waals surface area contributed by atoms with Crippen LogP contribution in [0, 0.1) is 0 Å². The maximum absolute atomic E-state index is 12.1. The van der Waals surface area contributed by atoms with Crippen molar-refractivity contribution in [1.29, 1.82) is 0 Å². The molecule has 0 radical (unpaired) electrons. The van der Waals surface area contributed by atoms with Crippen molar-refractivity contribution in [1.82, 2.24) is 10.3 Å². The van der Waals surface area contributed by atoms with Gasteiger partial charge in [-0.25, -0.2) is 4.79 Å². The predicted molar refractivity (Wildman–Crippen MR) is 75.4 cm³/mol. The Kier molecular flexibility index (Phi) is 4.68. The number of anilines is 1. The van der Waals surface area contributed by atoms with Crippen molar-refractivity contribution < 1.29 is 14.3 Å². The van der Waals surface area contributed by atoms with Gasteiger partial charge in [0, 0.05) is 11.6 Å². The lowest BCUT2D eigenvalue weighted by atomic mass is 10.2. The van der Waals surface area contributed by atoms with E-state index in [1.54, 1.807) is 24.3 Å². The van der Waals surface area contributed by atoms with Crippen LogP contribution in [-0.2, 0) is 9.53 Å². The third-order valence-electron chi connectivity index (χ3n) is 3.12. The van der Waals surface area contributed by atoms with Gasteiger partial charge in [0.25, 0.3) is 5.91 Å². The molecular formula is C13H16ClN3O3. The molecule has 1 aromatic carbocycles. The molecule has 0 spiro atoms. The Morgan fingerprint density at radius 1 is 1.45 bits per heavy atom. The molecular weight excluding hydrogens is 282 g/mol. The van der Waals surface area contributed by atoms with Crippen LogP contribution in [0.15, 0.2) is 24.3 Å². The summed E-state index contributed by atoms with van der Waals surface area (Å²) in [6.07, 6.45) is 0.924. The highest BCUT2D eigenvalue weighted by molar-refractivity contribution is 6.30. The highest BCUT2D eigenvalue weighted by atomic mass is 35.5. The number of benzene rings is 1. The van der Waals surface area contributed by atoms with Crippen LogP contribution >= 0.6 is 11.6 Å². The Hall–Kier alpha value is -1.95. The molecule has 1 aromatic rings. The van der Waals surface area contributed by atoms with Crippen LogP contribution in [0.1, 0.15) is 12.8 Å². The summed E-state index contributed by atoms with van der Waals surface area (Å²) < 4.78 is 4.66. The maximum atomic E-state index is 12.1. The Bertz CT molecular complexity index is 509. The van der Waals surface area contributed by atoms with Gasteiger partial charge in [0.15, 0.2) is 0 Å². The number of amides is 2. The minimum absolute atomic E-state index is 0.270. The molecule has 1 heterocycles. The summed E-state index contributed by atoms with van der Waals surface area (Å²) in [5, 5.41) is 0.571. The van der Waals surface area contributed by atoms with Crippen LogP contribution in [0.5, 0.6) is 0 Å². The van der Waals surface area contributed by atoms with Crippen LogP contribution in [0.25, 0.3) is 0 Å².